The Bertz CT molecular complexity index is 280. The van der Waals surface area contributed by atoms with Crippen molar-refractivity contribution in [2.24, 2.45) is 7.05 Å². The SMILES string of the molecule is C=C(I)C(O)Cc1cccn1C. The highest BCUT2D eigenvalue weighted by Gasteiger charge is 2.08. The second-order valence-corrected chi connectivity index (χ2v) is 4.16. The van der Waals surface area contributed by atoms with Crippen molar-refractivity contribution in [2.45, 2.75) is 12.5 Å². The van der Waals surface area contributed by atoms with E-state index < -0.39 is 6.10 Å². The van der Waals surface area contributed by atoms with Crippen LogP contribution in [0.5, 0.6) is 0 Å². The molecule has 1 N–H and O–H groups in total. The first-order valence-corrected chi connectivity index (χ1v) is 4.81. The number of aliphatic hydroxyl groups excluding tert-OH is 1. The molecule has 0 aromatic carbocycles. The third-order valence-corrected chi connectivity index (χ3v) is 2.53. The van der Waals surface area contributed by atoms with Crippen molar-refractivity contribution in [3.8, 4) is 0 Å². The number of halogens is 1. The van der Waals surface area contributed by atoms with E-state index in [9.17, 15) is 5.11 Å². The van der Waals surface area contributed by atoms with Gasteiger partial charge < -0.3 is 9.67 Å². The second kappa shape index (κ2) is 4.09. The first kappa shape index (κ1) is 9.80. The van der Waals surface area contributed by atoms with Crippen LogP contribution in [0.15, 0.2) is 28.5 Å². The normalized spacial score (nSPS) is 12.9. The average molecular weight is 277 g/mol. The lowest BCUT2D eigenvalue weighted by Crippen LogP contribution is -2.11. The maximum atomic E-state index is 9.50. The summed E-state index contributed by atoms with van der Waals surface area (Å²) in [4.78, 5) is 0. The lowest BCUT2D eigenvalue weighted by atomic mass is 10.2. The molecule has 1 unspecified atom stereocenters. The molecule has 0 fully saturated rings. The van der Waals surface area contributed by atoms with Gasteiger partial charge in [-0.05, 0) is 34.7 Å². The predicted molar refractivity (Wildman–Crippen MR) is 58.3 cm³/mol. The summed E-state index contributed by atoms with van der Waals surface area (Å²) in [6.45, 7) is 3.69. The van der Waals surface area contributed by atoms with Gasteiger partial charge in [0.15, 0.2) is 0 Å². The van der Waals surface area contributed by atoms with Gasteiger partial charge in [0.25, 0.3) is 0 Å². The molecule has 1 aromatic heterocycles. The van der Waals surface area contributed by atoms with Gasteiger partial charge in [0.05, 0.1) is 6.10 Å². The van der Waals surface area contributed by atoms with E-state index in [0.717, 1.165) is 9.27 Å². The van der Waals surface area contributed by atoms with Crippen molar-refractivity contribution in [1.29, 1.82) is 0 Å². The van der Waals surface area contributed by atoms with Gasteiger partial charge in [0.1, 0.15) is 0 Å². The average Bonchev–Trinajstić information content (AvgIpc) is 2.36. The van der Waals surface area contributed by atoms with E-state index in [1.54, 1.807) is 0 Å². The van der Waals surface area contributed by atoms with Crippen molar-refractivity contribution < 1.29 is 5.11 Å². The van der Waals surface area contributed by atoms with Gasteiger partial charge in [0, 0.05) is 28.9 Å². The maximum Gasteiger partial charge on any atom is 0.0895 e. The summed E-state index contributed by atoms with van der Waals surface area (Å²) in [5.74, 6) is 0. The highest BCUT2D eigenvalue weighted by Crippen LogP contribution is 2.13. The lowest BCUT2D eigenvalue weighted by Gasteiger charge is -2.09. The van der Waals surface area contributed by atoms with Gasteiger partial charge in [0.2, 0.25) is 0 Å². The van der Waals surface area contributed by atoms with Crippen LogP contribution in [0.4, 0.5) is 0 Å². The Morgan fingerprint density at radius 2 is 2.50 bits per heavy atom. The lowest BCUT2D eigenvalue weighted by molar-refractivity contribution is 0.220. The number of nitrogens with zero attached hydrogens (tertiary/aromatic N) is 1. The predicted octanol–water partition coefficient (Wildman–Crippen LogP) is 1.88. The van der Waals surface area contributed by atoms with Crippen molar-refractivity contribution in [2.75, 3.05) is 0 Å². The molecule has 1 heterocycles. The molecule has 1 atom stereocenters. The Kier molecular flexibility index (Phi) is 3.34. The van der Waals surface area contributed by atoms with Crippen LogP contribution in [0.25, 0.3) is 0 Å². The molecule has 0 radical (unpaired) electrons. The number of hydrogen-bond donors (Lipinski definition) is 1. The zero-order valence-corrected chi connectivity index (χ0v) is 9.15. The molecule has 0 aliphatic carbocycles. The van der Waals surface area contributed by atoms with Gasteiger partial charge in [-0.3, -0.25) is 0 Å². The minimum Gasteiger partial charge on any atom is -0.388 e. The standard InChI is InChI=1S/C9H12INO/c1-7(10)9(12)6-8-4-3-5-11(8)2/h3-5,9,12H,1,6H2,2H3. The first-order chi connectivity index (χ1) is 5.61. The van der Waals surface area contributed by atoms with E-state index in [4.69, 9.17) is 0 Å². The molecule has 66 valence electrons. The molecule has 0 aliphatic heterocycles. The fourth-order valence-corrected chi connectivity index (χ4v) is 1.24. The Morgan fingerprint density at radius 3 is 2.92 bits per heavy atom. The molecule has 0 saturated carbocycles. The first-order valence-electron chi connectivity index (χ1n) is 3.74. The summed E-state index contributed by atoms with van der Waals surface area (Å²) >= 11 is 2.05. The molecule has 2 nitrogen and oxygen atoms in total. The van der Waals surface area contributed by atoms with E-state index in [-0.39, 0.29) is 0 Å². The quantitative estimate of drug-likeness (QED) is 0.838. The van der Waals surface area contributed by atoms with Gasteiger partial charge >= 0.3 is 0 Å². The maximum absolute atomic E-state index is 9.50. The molecule has 0 bridgehead atoms. The summed E-state index contributed by atoms with van der Waals surface area (Å²) in [6, 6.07) is 3.97. The fraction of sp³-hybridized carbons (Fsp3) is 0.333. The highest BCUT2D eigenvalue weighted by molar-refractivity contribution is 14.1. The van der Waals surface area contributed by atoms with Crippen molar-refractivity contribution >= 4 is 22.6 Å². The molecular weight excluding hydrogens is 265 g/mol. The van der Waals surface area contributed by atoms with E-state index >= 15 is 0 Å². The van der Waals surface area contributed by atoms with Gasteiger partial charge in [-0.2, -0.15) is 0 Å². The minimum atomic E-state index is -0.431. The summed E-state index contributed by atoms with van der Waals surface area (Å²) in [6.07, 6.45) is 2.18. The monoisotopic (exact) mass is 277 g/mol. The molecule has 1 aromatic rings. The Balaban J connectivity index is 2.64. The van der Waals surface area contributed by atoms with Crippen LogP contribution in [0.3, 0.4) is 0 Å². The minimum absolute atomic E-state index is 0.431. The summed E-state index contributed by atoms with van der Waals surface area (Å²) in [5, 5.41) is 9.50. The van der Waals surface area contributed by atoms with Crippen LogP contribution < -0.4 is 0 Å². The van der Waals surface area contributed by atoms with Crippen LogP contribution in [0.1, 0.15) is 5.69 Å². The Labute approximate surface area is 86.0 Å². The van der Waals surface area contributed by atoms with Crippen LogP contribution in [-0.4, -0.2) is 15.8 Å². The van der Waals surface area contributed by atoms with Gasteiger partial charge in [-0.1, -0.05) is 6.58 Å². The Morgan fingerprint density at radius 1 is 1.83 bits per heavy atom. The molecule has 0 aliphatic rings. The topological polar surface area (TPSA) is 25.2 Å². The van der Waals surface area contributed by atoms with E-state index in [0.29, 0.717) is 6.42 Å². The van der Waals surface area contributed by atoms with E-state index in [1.807, 2.05) is 29.9 Å². The van der Waals surface area contributed by atoms with Crippen molar-refractivity contribution in [1.82, 2.24) is 4.57 Å². The van der Waals surface area contributed by atoms with Gasteiger partial charge in [-0.25, -0.2) is 0 Å². The molecule has 0 amide bonds. The van der Waals surface area contributed by atoms with Crippen molar-refractivity contribution in [3.63, 3.8) is 0 Å². The molecule has 12 heavy (non-hydrogen) atoms. The molecular formula is C9H12INO. The largest absolute Gasteiger partial charge is 0.388 e. The highest BCUT2D eigenvalue weighted by atomic mass is 127. The van der Waals surface area contributed by atoms with Crippen molar-refractivity contribution in [3.05, 3.63) is 34.2 Å². The molecule has 3 heteroatoms. The number of aliphatic hydroxyl groups is 1. The number of hydrogen-bond acceptors (Lipinski definition) is 1. The smallest absolute Gasteiger partial charge is 0.0895 e. The number of rotatable bonds is 3. The molecule has 0 spiro atoms. The Hall–Kier alpha value is -0.290. The van der Waals surface area contributed by atoms with Crippen LogP contribution in [0, 0.1) is 0 Å². The van der Waals surface area contributed by atoms with E-state index in [1.165, 1.54) is 0 Å². The number of aromatic nitrogens is 1. The summed E-state index contributed by atoms with van der Waals surface area (Å²) in [5.41, 5.74) is 1.13. The van der Waals surface area contributed by atoms with Crippen LogP contribution >= 0.6 is 22.6 Å². The van der Waals surface area contributed by atoms with Crippen LogP contribution in [-0.2, 0) is 13.5 Å². The number of aryl methyl sites for hydroxylation is 1. The zero-order chi connectivity index (χ0) is 9.14. The second-order valence-electron chi connectivity index (χ2n) is 2.78. The molecule has 1 rings (SSSR count). The summed E-state index contributed by atoms with van der Waals surface area (Å²) < 4.78 is 2.79. The van der Waals surface area contributed by atoms with Gasteiger partial charge in [-0.15, -0.1) is 0 Å². The van der Waals surface area contributed by atoms with E-state index in [2.05, 4.69) is 29.2 Å². The fourth-order valence-electron chi connectivity index (χ4n) is 1.02. The molecule has 0 saturated heterocycles. The third kappa shape index (κ3) is 2.35. The third-order valence-electron chi connectivity index (χ3n) is 1.82. The zero-order valence-electron chi connectivity index (χ0n) is 7.00. The summed E-state index contributed by atoms with van der Waals surface area (Å²) in [7, 11) is 1.97. The van der Waals surface area contributed by atoms with Crippen LogP contribution in [0.2, 0.25) is 0 Å².